The van der Waals surface area contributed by atoms with E-state index in [0.717, 1.165) is 5.92 Å². The molecule has 2 bridgehead atoms. The molecule has 0 radical (unpaired) electrons. The molecule has 9 heteroatoms. The number of aryl methyl sites for hydroxylation is 2. The van der Waals surface area contributed by atoms with Crippen molar-refractivity contribution in [2.75, 3.05) is 0 Å². The van der Waals surface area contributed by atoms with Gasteiger partial charge in [-0.25, -0.2) is 0 Å². The second-order valence-electron chi connectivity index (χ2n) is 8.60. The van der Waals surface area contributed by atoms with E-state index in [1.54, 1.807) is 20.8 Å². The first-order valence-corrected chi connectivity index (χ1v) is 10.2. The minimum atomic E-state index is -0.431. The van der Waals surface area contributed by atoms with E-state index in [-0.39, 0.29) is 29.9 Å². The van der Waals surface area contributed by atoms with Gasteiger partial charge in [0.1, 0.15) is 17.1 Å². The van der Waals surface area contributed by atoms with Crippen LogP contribution in [0.25, 0.3) is 0 Å². The molecule has 29 heavy (non-hydrogen) atoms. The molecular formula is C20H27N5O4. The molecule has 9 nitrogen and oxygen atoms in total. The van der Waals surface area contributed by atoms with Gasteiger partial charge in [-0.05, 0) is 64.7 Å². The maximum atomic E-state index is 12.9. The molecule has 0 spiro atoms. The lowest BCUT2D eigenvalue weighted by molar-refractivity contribution is -0.386. The average molecular weight is 401 g/mol. The predicted octanol–water partition coefficient (Wildman–Crippen LogP) is 3.31. The first kappa shape index (κ1) is 19.6. The van der Waals surface area contributed by atoms with Crippen LogP contribution < -0.4 is 5.32 Å². The molecule has 0 aromatic carbocycles. The largest absolute Gasteiger partial charge is 0.361 e. The molecule has 2 aliphatic carbocycles. The SMILES string of the molecule is Cc1nn(Cc2c(C(=O)N[C@@H](C)[C@H]3C[C@@H]4CC[C@@H]3C4)noc2C)c(C)c1[N+](=O)[O-]. The number of nitro groups is 1. The van der Waals surface area contributed by atoms with Gasteiger partial charge in [-0.2, -0.15) is 5.10 Å². The van der Waals surface area contributed by atoms with Crippen LogP contribution in [0.4, 0.5) is 5.69 Å². The number of nitrogens with zero attached hydrogens (tertiary/aromatic N) is 4. The highest BCUT2D eigenvalue weighted by Gasteiger charge is 2.42. The number of fused-ring (bicyclic) bond motifs is 2. The third-order valence-corrected chi connectivity index (χ3v) is 6.83. The van der Waals surface area contributed by atoms with E-state index in [1.165, 1.54) is 30.4 Å². The van der Waals surface area contributed by atoms with Crippen LogP contribution in [0.15, 0.2) is 4.52 Å². The predicted molar refractivity (Wildman–Crippen MR) is 105 cm³/mol. The lowest BCUT2D eigenvalue weighted by atomic mass is 9.84. The zero-order chi connectivity index (χ0) is 20.9. The number of carbonyl (C=O) groups is 1. The molecule has 2 heterocycles. The summed E-state index contributed by atoms with van der Waals surface area (Å²) in [4.78, 5) is 23.8. The Kier molecular flexibility index (Phi) is 4.92. The molecule has 2 aromatic rings. The highest BCUT2D eigenvalue weighted by molar-refractivity contribution is 5.94. The van der Waals surface area contributed by atoms with Crippen molar-refractivity contribution in [1.82, 2.24) is 20.3 Å². The number of rotatable bonds is 6. The Morgan fingerprint density at radius 1 is 1.34 bits per heavy atom. The number of hydrogen-bond donors (Lipinski definition) is 1. The molecular weight excluding hydrogens is 374 g/mol. The van der Waals surface area contributed by atoms with Crippen LogP contribution in [0, 0.1) is 48.6 Å². The van der Waals surface area contributed by atoms with Crippen molar-refractivity contribution in [3.63, 3.8) is 0 Å². The summed E-state index contributed by atoms with van der Waals surface area (Å²) in [6.07, 6.45) is 5.06. The maximum Gasteiger partial charge on any atom is 0.312 e. The van der Waals surface area contributed by atoms with Gasteiger partial charge in [0, 0.05) is 11.6 Å². The number of aromatic nitrogens is 3. The fraction of sp³-hybridized carbons (Fsp3) is 0.650. The lowest BCUT2D eigenvalue weighted by Crippen LogP contribution is -2.40. The minimum Gasteiger partial charge on any atom is -0.361 e. The number of carbonyl (C=O) groups excluding carboxylic acids is 1. The molecule has 156 valence electrons. The fourth-order valence-electron chi connectivity index (χ4n) is 5.30. The third-order valence-electron chi connectivity index (χ3n) is 6.83. The van der Waals surface area contributed by atoms with E-state index in [1.807, 2.05) is 0 Å². The van der Waals surface area contributed by atoms with E-state index in [9.17, 15) is 14.9 Å². The summed E-state index contributed by atoms with van der Waals surface area (Å²) < 4.78 is 6.81. The molecule has 0 aliphatic heterocycles. The first-order chi connectivity index (χ1) is 13.8. The van der Waals surface area contributed by atoms with Crippen LogP contribution in [0.2, 0.25) is 0 Å². The monoisotopic (exact) mass is 401 g/mol. The number of amides is 1. The van der Waals surface area contributed by atoms with Crippen molar-refractivity contribution in [2.24, 2.45) is 17.8 Å². The second-order valence-corrected chi connectivity index (χ2v) is 8.60. The van der Waals surface area contributed by atoms with E-state index < -0.39 is 4.92 Å². The van der Waals surface area contributed by atoms with Crippen LogP contribution in [-0.2, 0) is 6.54 Å². The summed E-state index contributed by atoms with van der Waals surface area (Å²) in [7, 11) is 0. The Morgan fingerprint density at radius 2 is 2.10 bits per heavy atom. The first-order valence-electron chi connectivity index (χ1n) is 10.2. The van der Waals surface area contributed by atoms with Crippen molar-refractivity contribution in [1.29, 1.82) is 0 Å². The average Bonchev–Trinajstić information content (AvgIpc) is 3.41. The summed E-state index contributed by atoms with van der Waals surface area (Å²) in [5, 5.41) is 22.6. The van der Waals surface area contributed by atoms with Crippen LogP contribution in [0.3, 0.4) is 0 Å². The fourth-order valence-corrected chi connectivity index (χ4v) is 5.30. The molecule has 0 saturated heterocycles. The number of nitrogens with one attached hydrogen (secondary N) is 1. The summed E-state index contributed by atoms with van der Waals surface area (Å²) in [6, 6.07) is 0.0810. The zero-order valence-corrected chi connectivity index (χ0v) is 17.3. The lowest BCUT2D eigenvalue weighted by Gasteiger charge is -2.28. The zero-order valence-electron chi connectivity index (χ0n) is 17.3. The van der Waals surface area contributed by atoms with Crippen molar-refractivity contribution in [2.45, 2.75) is 66.0 Å². The molecule has 2 fully saturated rings. The van der Waals surface area contributed by atoms with Crippen LogP contribution in [-0.4, -0.2) is 31.8 Å². The molecule has 1 N–H and O–H groups in total. The third kappa shape index (κ3) is 3.42. The summed E-state index contributed by atoms with van der Waals surface area (Å²) >= 11 is 0. The van der Waals surface area contributed by atoms with Gasteiger partial charge in [-0.3, -0.25) is 19.6 Å². The van der Waals surface area contributed by atoms with Gasteiger partial charge in [-0.15, -0.1) is 0 Å². The Morgan fingerprint density at radius 3 is 2.69 bits per heavy atom. The highest BCUT2D eigenvalue weighted by atomic mass is 16.6. The van der Waals surface area contributed by atoms with Gasteiger partial charge in [0.25, 0.3) is 5.91 Å². The van der Waals surface area contributed by atoms with Crippen molar-refractivity contribution in [3.05, 3.63) is 38.5 Å². The van der Waals surface area contributed by atoms with E-state index in [2.05, 4.69) is 22.5 Å². The molecule has 1 amide bonds. The Hall–Kier alpha value is -2.71. The Balaban J connectivity index is 1.52. The quantitative estimate of drug-likeness (QED) is 0.586. The summed E-state index contributed by atoms with van der Waals surface area (Å²) in [6.45, 7) is 7.25. The molecule has 4 rings (SSSR count). The van der Waals surface area contributed by atoms with Crippen molar-refractivity contribution < 1.29 is 14.2 Å². The second kappa shape index (κ2) is 7.27. The van der Waals surface area contributed by atoms with Gasteiger partial charge in [-0.1, -0.05) is 11.6 Å². The molecule has 0 unspecified atom stereocenters. The van der Waals surface area contributed by atoms with Gasteiger partial charge in [0.2, 0.25) is 0 Å². The van der Waals surface area contributed by atoms with Crippen LogP contribution in [0.5, 0.6) is 0 Å². The van der Waals surface area contributed by atoms with Gasteiger partial charge in [0.15, 0.2) is 5.69 Å². The van der Waals surface area contributed by atoms with Gasteiger partial charge >= 0.3 is 5.69 Å². The van der Waals surface area contributed by atoms with Crippen LogP contribution >= 0.6 is 0 Å². The highest BCUT2D eigenvalue weighted by Crippen LogP contribution is 2.49. The van der Waals surface area contributed by atoms with Crippen LogP contribution in [0.1, 0.15) is 65.8 Å². The van der Waals surface area contributed by atoms with E-state index >= 15 is 0 Å². The number of hydrogen-bond acceptors (Lipinski definition) is 6. The molecule has 2 aromatic heterocycles. The van der Waals surface area contributed by atoms with Gasteiger partial charge in [0.05, 0.1) is 11.5 Å². The smallest absolute Gasteiger partial charge is 0.312 e. The van der Waals surface area contributed by atoms with Crippen molar-refractivity contribution in [3.8, 4) is 0 Å². The molecule has 2 aliphatic rings. The van der Waals surface area contributed by atoms with E-state index in [4.69, 9.17) is 4.52 Å². The Labute approximate surface area is 169 Å². The van der Waals surface area contributed by atoms with Crippen molar-refractivity contribution >= 4 is 11.6 Å². The minimum absolute atomic E-state index is 0.00461. The molecule has 4 atom stereocenters. The standard InChI is InChI=1S/C20H27N5O4/c1-10(16-8-14-5-6-15(16)7-14)21-20(26)18-17(13(4)29-23-18)9-24-12(3)19(25(27)28)11(2)22-24/h10,14-16H,5-9H2,1-4H3,(H,21,26)/t10-,14+,15+,16+/m0/s1. The summed E-state index contributed by atoms with van der Waals surface area (Å²) in [5.41, 5.74) is 1.61. The molecule has 2 saturated carbocycles. The summed E-state index contributed by atoms with van der Waals surface area (Å²) in [5.74, 6) is 2.30. The van der Waals surface area contributed by atoms with Gasteiger partial charge < -0.3 is 9.84 Å². The normalized spacial score (nSPS) is 24.1. The van der Waals surface area contributed by atoms with E-state index in [0.29, 0.717) is 34.5 Å². The topological polar surface area (TPSA) is 116 Å². The maximum absolute atomic E-state index is 12.9. The Bertz CT molecular complexity index is 962.